The Kier molecular flexibility index (Phi) is 5.77. The largest absolute Gasteiger partial charge is 0.497 e. The van der Waals surface area contributed by atoms with E-state index in [1.54, 1.807) is 49.6 Å². The summed E-state index contributed by atoms with van der Waals surface area (Å²) in [5.74, 6) is 1.17. The van der Waals surface area contributed by atoms with Crippen molar-refractivity contribution in [3.05, 3.63) is 59.0 Å². The number of primary amides is 1. The van der Waals surface area contributed by atoms with E-state index in [0.717, 1.165) is 23.1 Å². The Morgan fingerprint density at radius 2 is 2.00 bits per heavy atom. The highest BCUT2D eigenvalue weighted by molar-refractivity contribution is 8.18. The molecule has 3 rings (SSSR count). The van der Waals surface area contributed by atoms with E-state index in [1.165, 1.54) is 0 Å². The number of carbonyl (C=O) groups is 2. The van der Waals surface area contributed by atoms with E-state index in [9.17, 15) is 9.59 Å². The molecular weight excluding hydrogens is 366 g/mol. The number of thioether (sulfide) groups is 1. The Labute approximate surface area is 160 Å². The Morgan fingerprint density at radius 3 is 2.70 bits per heavy atom. The van der Waals surface area contributed by atoms with Crippen LogP contribution < -0.4 is 20.5 Å². The molecule has 138 valence electrons. The third-order valence-corrected chi connectivity index (χ3v) is 4.33. The van der Waals surface area contributed by atoms with Crippen molar-refractivity contribution in [3.8, 4) is 11.5 Å². The van der Waals surface area contributed by atoms with Gasteiger partial charge >= 0.3 is 0 Å². The molecule has 0 bridgehead atoms. The molecule has 2 aromatic rings. The predicted octanol–water partition coefficient (Wildman–Crippen LogP) is 3.09. The highest BCUT2D eigenvalue weighted by Gasteiger charge is 2.23. The molecule has 0 aliphatic carbocycles. The molecule has 1 heterocycles. The van der Waals surface area contributed by atoms with Gasteiger partial charge in [-0.25, -0.2) is 4.99 Å². The lowest BCUT2D eigenvalue weighted by Crippen LogP contribution is -2.20. The van der Waals surface area contributed by atoms with Crippen molar-refractivity contribution >= 4 is 40.5 Å². The van der Waals surface area contributed by atoms with E-state index in [-0.39, 0.29) is 11.8 Å². The maximum Gasteiger partial charge on any atom is 0.289 e. The molecule has 2 amide bonds. The molecule has 0 aromatic heterocycles. The topological polar surface area (TPSA) is 103 Å². The van der Waals surface area contributed by atoms with Crippen LogP contribution in [0, 0.1) is 0 Å². The SMILES string of the molecule is COc1ccc(N=C2NC(=O)SC2=Cc2cccc(OCC(N)=O)c2)cc1. The van der Waals surface area contributed by atoms with Gasteiger partial charge in [0.2, 0.25) is 0 Å². The van der Waals surface area contributed by atoms with Crippen molar-refractivity contribution < 1.29 is 19.1 Å². The standard InChI is InChI=1S/C19H17N3O4S/c1-25-14-7-5-13(6-8-14)21-18-16(27-19(24)22-18)10-12-3-2-4-15(9-12)26-11-17(20)23/h2-10H,11H2,1H3,(H2,20,23)(H,21,22,24). The Hall–Kier alpha value is -3.26. The zero-order chi connectivity index (χ0) is 19.2. The number of hydrogen-bond donors (Lipinski definition) is 2. The minimum Gasteiger partial charge on any atom is -0.497 e. The zero-order valence-electron chi connectivity index (χ0n) is 14.5. The predicted molar refractivity (Wildman–Crippen MR) is 105 cm³/mol. The van der Waals surface area contributed by atoms with Gasteiger partial charge in [-0.05, 0) is 59.8 Å². The zero-order valence-corrected chi connectivity index (χ0v) is 15.3. The van der Waals surface area contributed by atoms with Crippen LogP contribution in [0.1, 0.15) is 5.56 Å². The molecule has 0 unspecified atom stereocenters. The van der Waals surface area contributed by atoms with Crippen LogP contribution in [0.2, 0.25) is 0 Å². The number of nitrogens with two attached hydrogens (primary N) is 1. The molecule has 3 N–H and O–H groups in total. The van der Waals surface area contributed by atoms with E-state index >= 15 is 0 Å². The minimum absolute atomic E-state index is 0.195. The van der Waals surface area contributed by atoms with Gasteiger partial charge in [-0.3, -0.25) is 9.59 Å². The van der Waals surface area contributed by atoms with Crippen LogP contribution in [-0.2, 0) is 4.79 Å². The number of aliphatic imine (C=N–C) groups is 1. The fourth-order valence-corrected chi connectivity index (χ4v) is 3.03. The van der Waals surface area contributed by atoms with Crippen LogP contribution in [0.4, 0.5) is 10.5 Å². The lowest BCUT2D eigenvalue weighted by Gasteiger charge is -2.05. The first-order valence-electron chi connectivity index (χ1n) is 7.98. The molecule has 0 spiro atoms. The maximum atomic E-state index is 11.8. The molecule has 0 radical (unpaired) electrons. The van der Waals surface area contributed by atoms with Crippen molar-refractivity contribution in [1.29, 1.82) is 0 Å². The van der Waals surface area contributed by atoms with Gasteiger partial charge in [-0.1, -0.05) is 12.1 Å². The highest BCUT2D eigenvalue weighted by Crippen LogP contribution is 2.29. The monoisotopic (exact) mass is 383 g/mol. The van der Waals surface area contributed by atoms with Crippen molar-refractivity contribution in [2.75, 3.05) is 13.7 Å². The number of nitrogens with one attached hydrogen (secondary N) is 1. The van der Waals surface area contributed by atoms with Gasteiger partial charge in [-0.15, -0.1) is 0 Å². The van der Waals surface area contributed by atoms with Crippen molar-refractivity contribution in [1.82, 2.24) is 5.32 Å². The van der Waals surface area contributed by atoms with Crippen molar-refractivity contribution in [2.24, 2.45) is 10.7 Å². The van der Waals surface area contributed by atoms with Gasteiger partial charge in [0.25, 0.3) is 11.1 Å². The fourth-order valence-electron chi connectivity index (χ4n) is 2.30. The average molecular weight is 383 g/mol. The highest BCUT2D eigenvalue weighted by atomic mass is 32.2. The molecular formula is C19H17N3O4S. The number of hydrogen-bond acceptors (Lipinski definition) is 6. The van der Waals surface area contributed by atoms with Crippen LogP contribution >= 0.6 is 11.8 Å². The number of benzene rings is 2. The molecule has 2 aromatic carbocycles. The van der Waals surface area contributed by atoms with Crippen LogP contribution in [0.3, 0.4) is 0 Å². The van der Waals surface area contributed by atoms with E-state index in [2.05, 4.69) is 10.3 Å². The number of methoxy groups -OCH3 is 1. The summed E-state index contributed by atoms with van der Waals surface area (Å²) in [5.41, 5.74) is 6.58. The fraction of sp³-hybridized carbons (Fsp3) is 0.105. The molecule has 0 atom stereocenters. The summed E-state index contributed by atoms with van der Waals surface area (Å²) in [6.45, 7) is -0.195. The van der Waals surface area contributed by atoms with Gasteiger partial charge in [0.05, 0.1) is 17.7 Å². The molecule has 1 saturated heterocycles. The van der Waals surface area contributed by atoms with E-state index in [0.29, 0.717) is 22.2 Å². The van der Waals surface area contributed by atoms with Crippen LogP contribution in [0.15, 0.2) is 58.4 Å². The summed E-state index contributed by atoms with van der Waals surface area (Å²) < 4.78 is 10.4. The second-order valence-corrected chi connectivity index (χ2v) is 6.52. The number of carbonyl (C=O) groups excluding carboxylic acids is 2. The minimum atomic E-state index is -0.547. The number of amides is 2. The van der Waals surface area contributed by atoms with Gasteiger partial charge < -0.3 is 20.5 Å². The summed E-state index contributed by atoms with van der Waals surface area (Å²) in [6, 6.07) is 14.3. The van der Waals surface area contributed by atoms with Crippen LogP contribution in [0.5, 0.6) is 11.5 Å². The quantitative estimate of drug-likeness (QED) is 0.798. The van der Waals surface area contributed by atoms with Gasteiger partial charge in [-0.2, -0.15) is 0 Å². The summed E-state index contributed by atoms with van der Waals surface area (Å²) in [7, 11) is 1.59. The lowest BCUT2D eigenvalue weighted by molar-refractivity contribution is -0.119. The molecule has 7 nitrogen and oxygen atoms in total. The van der Waals surface area contributed by atoms with E-state index < -0.39 is 5.91 Å². The summed E-state index contributed by atoms with van der Waals surface area (Å²) in [6.07, 6.45) is 1.82. The second kappa shape index (κ2) is 8.41. The Bertz CT molecular complexity index is 923. The van der Waals surface area contributed by atoms with E-state index in [4.69, 9.17) is 15.2 Å². The van der Waals surface area contributed by atoms with Gasteiger partial charge in [0.15, 0.2) is 6.61 Å². The van der Waals surface area contributed by atoms with Crippen LogP contribution in [0.25, 0.3) is 6.08 Å². The maximum absolute atomic E-state index is 11.8. The first-order chi connectivity index (χ1) is 13.0. The third-order valence-electron chi connectivity index (χ3n) is 3.51. The smallest absolute Gasteiger partial charge is 0.289 e. The molecule has 1 aliphatic heterocycles. The molecule has 27 heavy (non-hydrogen) atoms. The average Bonchev–Trinajstić information content (AvgIpc) is 2.99. The normalized spacial score (nSPS) is 16.4. The first kappa shape index (κ1) is 18.5. The summed E-state index contributed by atoms with van der Waals surface area (Å²) in [5, 5.41) is 2.54. The summed E-state index contributed by atoms with van der Waals surface area (Å²) >= 11 is 1.06. The molecule has 1 aliphatic rings. The summed E-state index contributed by atoms with van der Waals surface area (Å²) in [4.78, 5) is 27.8. The molecule has 1 fully saturated rings. The molecule has 8 heteroatoms. The number of rotatable bonds is 6. The van der Waals surface area contributed by atoms with Gasteiger partial charge in [0.1, 0.15) is 17.3 Å². The van der Waals surface area contributed by atoms with Gasteiger partial charge in [0, 0.05) is 0 Å². The van der Waals surface area contributed by atoms with Crippen LogP contribution in [-0.4, -0.2) is 30.7 Å². The van der Waals surface area contributed by atoms with Crippen molar-refractivity contribution in [2.45, 2.75) is 0 Å². The second-order valence-electron chi connectivity index (χ2n) is 5.51. The first-order valence-corrected chi connectivity index (χ1v) is 8.80. The number of nitrogens with zero attached hydrogens (tertiary/aromatic N) is 1. The Balaban J connectivity index is 1.84. The number of ether oxygens (including phenoxy) is 2. The molecule has 0 saturated carbocycles. The third kappa shape index (κ3) is 5.11. The van der Waals surface area contributed by atoms with E-state index in [1.807, 2.05) is 12.1 Å². The number of amidine groups is 1. The van der Waals surface area contributed by atoms with Crippen molar-refractivity contribution in [3.63, 3.8) is 0 Å². The Morgan fingerprint density at radius 1 is 1.22 bits per heavy atom. The lowest BCUT2D eigenvalue weighted by atomic mass is 10.2.